The highest BCUT2D eigenvalue weighted by Gasteiger charge is 2.18. The second-order valence-corrected chi connectivity index (χ2v) is 5.92. The summed E-state index contributed by atoms with van der Waals surface area (Å²) in [6.45, 7) is 6.87. The van der Waals surface area contributed by atoms with Gasteiger partial charge in [0.15, 0.2) is 0 Å². The van der Waals surface area contributed by atoms with Gasteiger partial charge in [0.25, 0.3) is 0 Å². The maximum atomic E-state index is 11.3. The first-order chi connectivity index (χ1) is 10.2. The summed E-state index contributed by atoms with van der Waals surface area (Å²) >= 11 is 0. The van der Waals surface area contributed by atoms with Crippen LogP contribution >= 0.6 is 0 Å². The quantitative estimate of drug-likeness (QED) is 0.639. The lowest BCUT2D eigenvalue weighted by Crippen LogP contribution is -3.13. The fourth-order valence-electron chi connectivity index (χ4n) is 2.94. The Hall–Kier alpha value is -1.55. The Morgan fingerprint density at radius 3 is 2.76 bits per heavy atom. The lowest BCUT2D eigenvalue weighted by molar-refractivity contribution is -0.908. The summed E-state index contributed by atoms with van der Waals surface area (Å²) in [5.74, 6) is 1.36. The first kappa shape index (κ1) is 15.8. The van der Waals surface area contributed by atoms with Gasteiger partial charge in [0.05, 0.1) is 38.9 Å². The molecule has 0 radical (unpaired) electrons. The highest BCUT2D eigenvalue weighted by Crippen LogP contribution is 2.13. The fraction of sp³-hybridized carbons (Fsp3) is 0.588. The van der Waals surface area contributed by atoms with Crippen molar-refractivity contribution in [3.05, 3.63) is 29.8 Å². The number of benzene rings is 1. The molecule has 0 amide bonds. The van der Waals surface area contributed by atoms with Gasteiger partial charge in [0, 0.05) is 12.3 Å². The predicted molar refractivity (Wildman–Crippen MR) is 81.9 cm³/mol. The molecule has 1 unspecified atom stereocenters. The Balaban J connectivity index is 1.67. The van der Waals surface area contributed by atoms with E-state index >= 15 is 0 Å². The molecule has 1 fully saturated rings. The molecule has 0 aliphatic carbocycles. The Kier molecular flexibility index (Phi) is 6.05. The number of methoxy groups -OCH3 is 1. The zero-order valence-corrected chi connectivity index (χ0v) is 13.1. The Morgan fingerprint density at radius 1 is 1.33 bits per heavy atom. The van der Waals surface area contributed by atoms with E-state index in [-0.39, 0.29) is 5.97 Å². The maximum Gasteiger partial charge on any atom is 0.337 e. The van der Waals surface area contributed by atoms with E-state index in [1.54, 1.807) is 17.0 Å². The van der Waals surface area contributed by atoms with Gasteiger partial charge in [-0.3, -0.25) is 0 Å². The van der Waals surface area contributed by atoms with E-state index < -0.39 is 0 Å². The van der Waals surface area contributed by atoms with Crippen LogP contribution in [0.2, 0.25) is 0 Å². The Labute approximate surface area is 127 Å². The Bertz CT molecular complexity index is 444. The van der Waals surface area contributed by atoms with Crippen molar-refractivity contribution < 1.29 is 19.2 Å². The zero-order valence-electron chi connectivity index (χ0n) is 13.1. The number of likely N-dealkylation sites (tertiary alicyclic amines) is 1. The highest BCUT2D eigenvalue weighted by atomic mass is 16.5. The van der Waals surface area contributed by atoms with Gasteiger partial charge in [-0.1, -0.05) is 6.92 Å². The molecule has 116 valence electrons. The molecule has 1 heterocycles. The molecule has 21 heavy (non-hydrogen) atoms. The molecule has 1 aromatic rings. The summed E-state index contributed by atoms with van der Waals surface area (Å²) in [7, 11) is 1.39. The summed E-state index contributed by atoms with van der Waals surface area (Å²) < 4.78 is 10.4. The molecule has 2 rings (SSSR count). The molecule has 1 aromatic carbocycles. The zero-order chi connectivity index (χ0) is 15.1. The van der Waals surface area contributed by atoms with Crippen molar-refractivity contribution in [3.8, 4) is 5.75 Å². The molecule has 0 aromatic heterocycles. The standard InChI is InChI=1S/C17H25NO3/c1-14-5-3-10-18(13-14)11-4-12-21-16-8-6-15(7-9-16)17(19)20-2/h6-9,14H,3-5,10-13H2,1-2H3/p+1/t14-/m0/s1. The third kappa shape index (κ3) is 5.05. The van der Waals surface area contributed by atoms with Crippen molar-refractivity contribution >= 4 is 5.97 Å². The molecular weight excluding hydrogens is 266 g/mol. The van der Waals surface area contributed by atoms with E-state index in [2.05, 4.69) is 11.7 Å². The van der Waals surface area contributed by atoms with Crippen LogP contribution in [0.15, 0.2) is 24.3 Å². The van der Waals surface area contributed by atoms with Crippen molar-refractivity contribution in [2.45, 2.75) is 26.2 Å². The number of carbonyl (C=O) groups is 1. The maximum absolute atomic E-state index is 11.3. The number of hydrogen-bond acceptors (Lipinski definition) is 3. The van der Waals surface area contributed by atoms with E-state index in [1.165, 1.54) is 39.6 Å². The predicted octanol–water partition coefficient (Wildman–Crippen LogP) is 1.56. The summed E-state index contributed by atoms with van der Waals surface area (Å²) in [6, 6.07) is 7.11. The monoisotopic (exact) mass is 292 g/mol. The minimum atomic E-state index is -0.315. The lowest BCUT2D eigenvalue weighted by atomic mass is 10.0. The van der Waals surface area contributed by atoms with Gasteiger partial charge >= 0.3 is 5.97 Å². The normalized spacial score (nSPS) is 21.8. The van der Waals surface area contributed by atoms with Crippen LogP contribution in [-0.4, -0.2) is 39.3 Å². The average Bonchev–Trinajstić information content (AvgIpc) is 2.51. The van der Waals surface area contributed by atoms with Crippen molar-refractivity contribution in [1.29, 1.82) is 0 Å². The van der Waals surface area contributed by atoms with E-state index in [1.807, 2.05) is 12.1 Å². The van der Waals surface area contributed by atoms with E-state index in [0.717, 1.165) is 24.7 Å². The first-order valence-electron chi connectivity index (χ1n) is 7.84. The Morgan fingerprint density at radius 2 is 2.10 bits per heavy atom. The number of quaternary nitrogens is 1. The molecule has 2 atom stereocenters. The van der Waals surface area contributed by atoms with Crippen LogP contribution < -0.4 is 9.64 Å². The summed E-state index contributed by atoms with van der Waals surface area (Å²) in [5, 5.41) is 0. The minimum Gasteiger partial charge on any atom is -0.493 e. The number of carbonyl (C=O) groups excluding carboxylic acids is 1. The first-order valence-corrected chi connectivity index (χ1v) is 7.84. The molecular formula is C17H26NO3+. The largest absolute Gasteiger partial charge is 0.493 e. The molecule has 1 N–H and O–H groups in total. The van der Waals surface area contributed by atoms with Crippen molar-refractivity contribution in [1.82, 2.24) is 0 Å². The van der Waals surface area contributed by atoms with Crippen molar-refractivity contribution in [2.24, 2.45) is 5.92 Å². The lowest BCUT2D eigenvalue weighted by Gasteiger charge is -2.27. The number of rotatable bonds is 6. The molecule has 0 saturated carbocycles. The van der Waals surface area contributed by atoms with Crippen LogP contribution in [0.25, 0.3) is 0 Å². The average molecular weight is 292 g/mol. The second-order valence-electron chi connectivity index (χ2n) is 5.92. The number of ether oxygens (including phenoxy) is 2. The van der Waals surface area contributed by atoms with E-state index in [0.29, 0.717) is 5.56 Å². The number of hydrogen-bond donors (Lipinski definition) is 1. The summed E-state index contributed by atoms with van der Waals surface area (Å²) in [6.07, 6.45) is 3.81. The molecule has 1 aliphatic rings. The van der Waals surface area contributed by atoms with Gasteiger partial charge in [-0.25, -0.2) is 4.79 Å². The minimum absolute atomic E-state index is 0.315. The van der Waals surface area contributed by atoms with Crippen LogP contribution in [0.3, 0.4) is 0 Å². The third-order valence-electron chi connectivity index (χ3n) is 4.08. The smallest absolute Gasteiger partial charge is 0.337 e. The van der Waals surface area contributed by atoms with Gasteiger partial charge in [0.2, 0.25) is 0 Å². The van der Waals surface area contributed by atoms with Gasteiger partial charge in [-0.15, -0.1) is 0 Å². The van der Waals surface area contributed by atoms with Crippen LogP contribution in [0, 0.1) is 5.92 Å². The topological polar surface area (TPSA) is 40.0 Å². The highest BCUT2D eigenvalue weighted by molar-refractivity contribution is 5.89. The van der Waals surface area contributed by atoms with E-state index in [9.17, 15) is 4.79 Å². The van der Waals surface area contributed by atoms with Gasteiger partial charge in [0.1, 0.15) is 5.75 Å². The molecule has 4 heteroatoms. The summed E-state index contributed by atoms with van der Waals surface area (Å²) in [4.78, 5) is 13.0. The summed E-state index contributed by atoms with van der Waals surface area (Å²) in [5.41, 5.74) is 0.552. The molecule has 1 aliphatic heterocycles. The van der Waals surface area contributed by atoms with Gasteiger partial charge in [-0.2, -0.15) is 0 Å². The van der Waals surface area contributed by atoms with Crippen LogP contribution in [-0.2, 0) is 4.74 Å². The fourth-order valence-corrected chi connectivity index (χ4v) is 2.94. The molecule has 0 bridgehead atoms. The number of esters is 1. The van der Waals surface area contributed by atoms with Crippen LogP contribution in [0.1, 0.15) is 36.5 Å². The molecule has 1 saturated heterocycles. The van der Waals surface area contributed by atoms with Gasteiger partial charge in [-0.05, 0) is 37.1 Å². The van der Waals surface area contributed by atoms with Crippen molar-refractivity contribution in [2.75, 3.05) is 33.4 Å². The van der Waals surface area contributed by atoms with Crippen molar-refractivity contribution in [3.63, 3.8) is 0 Å². The third-order valence-corrected chi connectivity index (χ3v) is 4.08. The SMILES string of the molecule is COC(=O)c1ccc(OCCC[NH+]2CCC[C@H](C)C2)cc1. The number of nitrogens with one attached hydrogen (secondary N) is 1. The molecule has 4 nitrogen and oxygen atoms in total. The van der Waals surface area contributed by atoms with Crippen LogP contribution in [0.4, 0.5) is 0 Å². The second kappa shape index (κ2) is 8.03. The van der Waals surface area contributed by atoms with Gasteiger partial charge < -0.3 is 14.4 Å². The number of piperidine rings is 1. The molecule has 0 spiro atoms. The van der Waals surface area contributed by atoms with E-state index in [4.69, 9.17) is 4.74 Å². The van der Waals surface area contributed by atoms with Crippen LogP contribution in [0.5, 0.6) is 5.75 Å².